The summed E-state index contributed by atoms with van der Waals surface area (Å²) >= 11 is 0. The van der Waals surface area contributed by atoms with Crippen LogP contribution in [0, 0.1) is 16.7 Å². The van der Waals surface area contributed by atoms with Crippen LogP contribution in [0.25, 0.3) is 5.57 Å². The predicted octanol–water partition coefficient (Wildman–Crippen LogP) is 6.20. The van der Waals surface area contributed by atoms with Crippen LogP contribution in [0.2, 0.25) is 0 Å². The van der Waals surface area contributed by atoms with E-state index in [2.05, 4.69) is 52.3 Å². The number of benzene rings is 1. The van der Waals surface area contributed by atoms with Gasteiger partial charge in [0.05, 0.1) is 18.5 Å². The highest BCUT2D eigenvalue weighted by Crippen LogP contribution is 2.45. The van der Waals surface area contributed by atoms with Crippen molar-refractivity contribution in [3.05, 3.63) is 71.8 Å². The number of amides is 1. The Balaban J connectivity index is 1.47. The molecule has 38 heavy (non-hydrogen) atoms. The highest BCUT2D eigenvalue weighted by Gasteiger charge is 2.36. The number of nitrogens with one attached hydrogen (secondary N) is 2. The summed E-state index contributed by atoms with van der Waals surface area (Å²) < 4.78 is 8.75. The number of nitriles is 1. The normalized spacial score (nSPS) is 18.4. The molecule has 0 atom stereocenters. The maximum Gasteiger partial charge on any atom is 0.291 e. The highest BCUT2D eigenvalue weighted by molar-refractivity contribution is 6.03. The maximum absolute atomic E-state index is 13.0. The van der Waals surface area contributed by atoms with Gasteiger partial charge in [-0.25, -0.2) is 9.97 Å². The summed E-state index contributed by atoms with van der Waals surface area (Å²) in [5.74, 6) is -0.233. The fourth-order valence-corrected chi connectivity index (χ4v) is 5.61. The topological polar surface area (TPSA) is 109 Å². The van der Waals surface area contributed by atoms with Crippen molar-refractivity contribution in [2.24, 2.45) is 5.41 Å². The first-order chi connectivity index (χ1) is 18.4. The molecule has 2 aliphatic carbocycles. The molecule has 8 heteroatoms. The number of nitrogens with zero attached hydrogens (tertiary/aromatic N) is 4. The minimum atomic E-state index is -0.360. The summed E-state index contributed by atoms with van der Waals surface area (Å²) in [6.07, 6.45) is 17.8. The van der Waals surface area contributed by atoms with E-state index in [1.165, 1.54) is 23.8 Å². The molecule has 1 saturated carbocycles. The lowest BCUT2D eigenvalue weighted by Gasteiger charge is -2.38. The predicted molar refractivity (Wildman–Crippen MR) is 146 cm³/mol. The lowest BCUT2D eigenvalue weighted by atomic mass is 9.75. The number of allylic oxidation sites excluding steroid dienone is 2. The Labute approximate surface area is 224 Å². The lowest BCUT2D eigenvalue weighted by molar-refractivity contribution is -0.0787. The SMILES string of the molecule is CC1(C)CC=C(c2cc(C3(OCCn4ccnc4)CCCCC3)ccc2NC(=O)c2nc(C#N)c[nH]2)CC1. The van der Waals surface area contributed by atoms with Crippen molar-refractivity contribution >= 4 is 17.2 Å². The van der Waals surface area contributed by atoms with E-state index in [9.17, 15) is 4.79 Å². The average molecular weight is 513 g/mol. The second kappa shape index (κ2) is 11.0. The molecule has 1 aromatic carbocycles. The number of hydrogen-bond donors (Lipinski definition) is 2. The number of anilines is 1. The van der Waals surface area contributed by atoms with Crippen molar-refractivity contribution in [3.8, 4) is 6.07 Å². The summed E-state index contributed by atoms with van der Waals surface area (Å²) in [4.78, 5) is 24.0. The van der Waals surface area contributed by atoms with Gasteiger partial charge in [-0.15, -0.1) is 0 Å². The molecule has 5 rings (SSSR count). The summed E-state index contributed by atoms with van der Waals surface area (Å²) in [7, 11) is 0. The van der Waals surface area contributed by atoms with Gasteiger partial charge in [0.1, 0.15) is 6.07 Å². The van der Waals surface area contributed by atoms with Crippen molar-refractivity contribution < 1.29 is 9.53 Å². The zero-order valence-electron chi connectivity index (χ0n) is 22.3. The molecule has 0 saturated heterocycles. The van der Waals surface area contributed by atoms with Gasteiger partial charge in [0.15, 0.2) is 11.5 Å². The molecule has 0 aliphatic heterocycles. The van der Waals surface area contributed by atoms with Gasteiger partial charge in [-0.2, -0.15) is 5.26 Å². The summed E-state index contributed by atoms with van der Waals surface area (Å²) in [6.45, 7) is 5.97. The van der Waals surface area contributed by atoms with Gasteiger partial charge in [-0.05, 0) is 60.8 Å². The van der Waals surface area contributed by atoms with Gasteiger partial charge in [0.25, 0.3) is 5.91 Å². The number of carbonyl (C=O) groups excluding carboxylic acids is 1. The van der Waals surface area contributed by atoms with E-state index in [1.54, 1.807) is 6.20 Å². The van der Waals surface area contributed by atoms with Gasteiger partial charge in [0, 0.05) is 36.4 Å². The molecule has 8 nitrogen and oxygen atoms in total. The average Bonchev–Trinajstić information content (AvgIpc) is 3.62. The Kier molecular flexibility index (Phi) is 7.48. The molecule has 1 fully saturated rings. The van der Waals surface area contributed by atoms with Crippen LogP contribution in [-0.4, -0.2) is 32.0 Å². The monoisotopic (exact) mass is 512 g/mol. The fourth-order valence-electron chi connectivity index (χ4n) is 5.61. The Morgan fingerprint density at radius 3 is 2.76 bits per heavy atom. The zero-order chi connectivity index (χ0) is 26.6. The number of carbonyl (C=O) groups is 1. The van der Waals surface area contributed by atoms with Crippen LogP contribution >= 0.6 is 0 Å². The van der Waals surface area contributed by atoms with Crippen LogP contribution in [0.4, 0.5) is 5.69 Å². The largest absolute Gasteiger partial charge is 0.368 e. The Morgan fingerprint density at radius 2 is 2.08 bits per heavy atom. The third kappa shape index (κ3) is 5.73. The number of H-pyrrole nitrogens is 1. The van der Waals surface area contributed by atoms with Gasteiger partial charge in [-0.1, -0.05) is 45.3 Å². The van der Waals surface area contributed by atoms with Crippen LogP contribution in [0.3, 0.4) is 0 Å². The maximum atomic E-state index is 13.0. The molecule has 2 N–H and O–H groups in total. The molecule has 0 bridgehead atoms. The minimum Gasteiger partial charge on any atom is -0.368 e. The molecule has 0 radical (unpaired) electrons. The van der Waals surface area contributed by atoms with E-state index >= 15 is 0 Å². The summed E-state index contributed by atoms with van der Waals surface area (Å²) in [5.41, 5.74) is 4.34. The van der Waals surface area contributed by atoms with Gasteiger partial charge < -0.3 is 19.6 Å². The third-order valence-electron chi connectivity index (χ3n) is 7.97. The standard InChI is InChI=1S/C30H36N6O2/c1-29(2)12-8-22(9-13-29)25-18-23(6-7-26(25)35-28(37)27-33-20-24(19-31)34-27)30(10-4-3-5-11-30)38-17-16-36-15-14-32-21-36/h6-8,14-15,18,20-21H,3-5,9-13,16-17H2,1-2H3,(H,33,34)(H,35,37). The molecular weight excluding hydrogens is 476 g/mol. The molecule has 198 valence electrons. The lowest BCUT2D eigenvalue weighted by Crippen LogP contribution is -2.33. The smallest absolute Gasteiger partial charge is 0.291 e. The molecule has 0 unspecified atom stereocenters. The quantitative estimate of drug-likeness (QED) is 0.373. The van der Waals surface area contributed by atoms with E-state index < -0.39 is 0 Å². The first kappa shape index (κ1) is 25.9. The van der Waals surface area contributed by atoms with Gasteiger partial charge in [0.2, 0.25) is 0 Å². The number of imidazole rings is 2. The molecule has 2 aliphatic rings. The fraction of sp³-hybridized carbons (Fsp3) is 0.467. The van der Waals surface area contributed by atoms with Crippen molar-refractivity contribution in [2.45, 2.75) is 77.4 Å². The van der Waals surface area contributed by atoms with Gasteiger partial charge in [-0.3, -0.25) is 4.79 Å². The number of aromatic amines is 1. The highest BCUT2D eigenvalue weighted by atomic mass is 16.5. The van der Waals surface area contributed by atoms with Crippen LogP contribution in [0.1, 0.15) is 92.7 Å². The summed E-state index contributed by atoms with van der Waals surface area (Å²) in [5, 5.41) is 12.1. The zero-order valence-corrected chi connectivity index (χ0v) is 22.3. The molecule has 3 aromatic rings. The third-order valence-corrected chi connectivity index (χ3v) is 7.97. The van der Waals surface area contributed by atoms with E-state index in [0.29, 0.717) is 6.61 Å². The minimum absolute atomic E-state index is 0.127. The van der Waals surface area contributed by atoms with E-state index in [-0.39, 0.29) is 28.4 Å². The van der Waals surface area contributed by atoms with Crippen molar-refractivity contribution in [3.63, 3.8) is 0 Å². The van der Waals surface area contributed by atoms with Crippen LogP contribution in [0.15, 0.2) is 49.2 Å². The van der Waals surface area contributed by atoms with Gasteiger partial charge >= 0.3 is 0 Å². The number of aromatic nitrogens is 4. The van der Waals surface area contributed by atoms with Crippen molar-refractivity contribution in [2.75, 3.05) is 11.9 Å². The summed E-state index contributed by atoms with van der Waals surface area (Å²) in [6, 6.07) is 8.32. The van der Waals surface area contributed by atoms with Crippen LogP contribution in [0.5, 0.6) is 0 Å². The molecule has 0 spiro atoms. The van der Waals surface area contributed by atoms with Crippen LogP contribution < -0.4 is 5.32 Å². The van der Waals surface area contributed by atoms with Crippen molar-refractivity contribution in [1.82, 2.24) is 19.5 Å². The molecule has 2 heterocycles. The first-order valence-electron chi connectivity index (χ1n) is 13.6. The van der Waals surface area contributed by atoms with E-state index in [4.69, 9.17) is 10.00 Å². The van der Waals surface area contributed by atoms with Crippen LogP contribution in [-0.2, 0) is 16.9 Å². The second-order valence-corrected chi connectivity index (χ2v) is 11.3. The van der Waals surface area contributed by atoms with E-state index in [0.717, 1.165) is 62.7 Å². The molecular formula is C30H36N6O2. The number of hydrogen-bond acceptors (Lipinski definition) is 5. The van der Waals surface area contributed by atoms with E-state index in [1.807, 2.05) is 29.2 Å². The number of ether oxygens (including phenoxy) is 1. The Hall–Kier alpha value is -3.70. The Bertz CT molecular complexity index is 1340. The molecule has 1 amide bonds. The molecule has 2 aromatic heterocycles. The van der Waals surface area contributed by atoms with Crippen molar-refractivity contribution in [1.29, 1.82) is 5.26 Å². The Morgan fingerprint density at radius 1 is 1.24 bits per heavy atom. The first-order valence-corrected chi connectivity index (χ1v) is 13.6. The number of rotatable bonds is 8. The second-order valence-electron chi connectivity index (χ2n) is 11.3.